The number of benzene rings is 2. The molecular weight excluding hydrogens is 418 g/mol. The van der Waals surface area contributed by atoms with Crippen LogP contribution in [-0.4, -0.2) is 37.9 Å². The van der Waals surface area contributed by atoms with Crippen LogP contribution < -0.4 is 10.1 Å². The molecule has 1 atom stereocenters. The third-order valence-corrected chi connectivity index (χ3v) is 5.73. The number of phenols is 1. The highest BCUT2D eigenvalue weighted by Crippen LogP contribution is 2.45. The van der Waals surface area contributed by atoms with Crippen LogP contribution >= 0.6 is 0 Å². The molecule has 4 aromatic rings. The molecule has 2 N–H and O–H groups in total. The van der Waals surface area contributed by atoms with E-state index in [9.17, 15) is 9.90 Å². The number of hydrogen-bond acceptors (Lipinski definition) is 6. The van der Waals surface area contributed by atoms with Crippen LogP contribution in [0.4, 0.5) is 5.82 Å². The normalized spacial score (nSPS) is 15.1. The number of aryl methyl sites for hydroxylation is 2. The van der Waals surface area contributed by atoms with Crippen LogP contribution in [0.25, 0.3) is 17.2 Å². The van der Waals surface area contributed by atoms with Gasteiger partial charge in [-0.15, -0.1) is 0 Å². The van der Waals surface area contributed by atoms with Crippen molar-refractivity contribution >= 4 is 11.7 Å². The van der Waals surface area contributed by atoms with Crippen LogP contribution in [-0.2, 0) is 4.79 Å². The van der Waals surface area contributed by atoms with E-state index in [1.165, 1.54) is 7.11 Å². The number of fused-ring (bicyclic) bond motifs is 1. The molecule has 0 radical (unpaired) electrons. The molecule has 0 unspecified atom stereocenters. The quantitative estimate of drug-likeness (QED) is 0.494. The third kappa shape index (κ3) is 3.69. The van der Waals surface area contributed by atoms with E-state index in [1.54, 1.807) is 16.8 Å². The Morgan fingerprint density at radius 2 is 1.79 bits per heavy atom. The number of anilines is 1. The molecule has 0 saturated carbocycles. The summed E-state index contributed by atoms with van der Waals surface area (Å²) in [5.41, 5.74) is 4.91. The molecule has 2 aromatic heterocycles. The van der Waals surface area contributed by atoms with Gasteiger partial charge in [0.2, 0.25) is 5.91 Å². The van der Waals surface area contributed by atoms with Gasteiger partial charge in [-0.25, -0.2) is 9.97 Å². The second-order valence-electron chi connectivity index (χ2n) is 8.08. The molecule has 3 heterocycles. The largest absolute Gasteiger partial charge is 0.504 e. The monoisotopic (exact) mass is 441 g/mol. The van der Waals surface area contributed by atoms with E-state index in [0.29, 0.717) is 17.5 Å². The predicted octanol–water partition coefficient (Wildman–Crippen LogP) is 4.13. The average molecular weight is 441 g/mol. The molecule has 2 aromatic carbocycles. The predicted molar refractivity (Wildman–Crippen MR) is 124 cm³/mol. The molecule has 166 valence electrons. The number of carbonyl (C=O) groups is 1. The maximum absolute atomic E-state index is 12.8. The minimum Gasteiger partial charge on any atom is -0.504 e. The topological polar surface area (TPSA) is 102 Å². The molecule has 1 aliphatic heterocycles. The molecule has 1 aliphatic rings. The molecule has 0 spiro atoms. The molecule has 8 heteroatoms. The van der Waals surface area contributed by atoms with Crippen LogP contribution in [0.2, 0.25) is 0 Å². The van der Waals surface area contributed by atoms with Gasteiger partial charge < -0.3 is 15.2 Å². The van der Waals surface area contributed by atoms with E-state index in [0.717, 1.165) is 33.8 Å². The number of phenolic OH excluding ortho intramolecular Hbond substituents is 1. The van der Waals surface area contributed by atoms with Gasteiger partial charge >= 0.3 is 0 Å². The molecule has 0 saturated heterocycles. The first-order valence-electron chi connectivity index (χ1n) is 10.6. The standard InChI is InChI=1S/C25H23N5O3/c1-14-11-15(2)27-25(26-14)30-24-22(23(29-30)16-7-5-4-6-8-16)18(13-21(32)28-24)17-9-10-20(33-3)19(31)12-17/h4-12,18,31H,13H2,1-3H3,(H,28,32)/t18-/m0/s1. The van der Waals surface area contributed by atoms with Crippen molar-refractivity contribution in [1.82, 2.24) is 19.7 Å². The van der Waals surface area contributed by atoms with E-state index in [1.807, 2.05) is 56.3 Å². The first-order valence-corrected chi connectivity index (χ1v) is 10.6. The zero-order valence-corrected chi connectivity index (χ0v) is 18.5. The minimum absolute atomic E-state index is 0.0221. The van der Waals surface area contributed by atoms with Crippen molar-refractivity contribution < 1.29 is 14.6 Å². The minimum atomic E-state index is -0.319. The lowest BCUT2D eigenvalue weighted by molar-refractivity contribution is -0.116. The Kier molecular flexibility index (Phi) is 5.05. The summed E-state index contributed by atoms with van der Waals surface area (Å²) in [4.78, 5) is 21.9. The van der Waals surface area contributed by atoms with Crippen molar-refractivity contribution in [2.45, 2.75) is 26.2 Å². The second-order valence-corrected chi connectivity index (χ2v) is 8.08. The van der Waals surface area contributed by atoms with Gasteiger partial charge in [-0.1, -0.05) is 36.4 Å². The highest BCUT2D eigenvalue weighted by atomic mass is 16.5. The summed E-state index contributed by atoms with van der Waals surface area (Å²) in [6, 6.07) is 16.9. The van der Waals surface area contributed by atoms with Gasteiger partial charge in [-0.05, 0) is 37.6 Å². The van der Waals surface area contributed by atoms with E-state index in [-0.39, 0.29) is 24.0 Å². The van der Waals surface area contributed by atoms with Gasteiger partial charge in [0.05, 0.1) is 12.8 Å². The van der Waals surface area contributed by atoms with E-state index in [4.69, 9.17) is 9.84 Å². The zero-order valence-electron chi connectivity index (χ0n) is 18.5. The van der Waals surface area contributed by atoms with E-state index >= 15 is 0 Å². The summed E-state index contributed by atoms with van der Waals surface area (Å²) in [7, 11) is 1.50. The SMILES string of the molecule is COc1ccc([C@@H]2CC(=O)Nc3c2c(-c2ccccc2)nn3-c2nc(C)cc(C)n2)cc1O. The summed E-state index contributed by atoms with van der Waals surface area (Å²) < 4.78 is 6.80. The fraction of sp³-hybridized carbons (Fsp3) is 0.200. The highest BCUT2D eigenvalue weighted by molar-refractivity contribution is 5.96. The van der Waals surface area contributed by atoms with E-state index < -0.39 is 0 Å². The van der Waals surface area contributed by atoms with Crippen molar-refractivity contribution in [2.75, 3.05) is 12.4 Å². The van der Waals surface area contributed by atoms with Crippen molar-refractivity contribution in [1.29, 1.82) is 0 Å². The number of nitrogens with one attached hydrogen (secondary N) is 1. The van der Waals surface area contributed by atoms with Crippen LogP contribution in [0.5, 0.6) is 11.5 Å². The smallest absolute Gasteiger partial charge is 0.252 e. The van der Waals surface area contributed by atoms with Crippen LogP contribution in [0, 0.1) is 13.8 Å². The first kappa shape index (κ1) is 20.7. The number of nitrogens with zero attached hydrogens (tertiary/aromatic N) is 4. The summed E-state index contributed by atoms with van der Waals surface area (Å²) in [5.74, 6) is 0.865. The van der Waals surface area contributed by atoms with Gasteiger partial charge in [-0.3, -0.25) is 4.79 Å². The van der Waals surface area contributed by atoms with Gasteiger partial charge in [0, 0.05) is 34.9 Å². The third-order valence-electron chi connectivity index (χ3n) is 5.73. The summed E-state index contributed by atoms with van der Waals surface area (Å²) in [6.45, 7) is 3.79. The number of carbonyl (C=O) groups excluding carboxylic acids is 1. The average Bonchev–Trinajstić information content (AvgIpc) is 3.18. The number of ether oxygens (including phenoxy) is 1. The van der Waals surface area contributed by atoms with E-state index in [2.05, 4.69) is 15.3 Å². The summed E-state index contributed by atoms with van der Waals surface area (Å²) in [5, 5.41) is 18.3. The molecule has 33 heavy (non-hydrogen) atoms. The maximum atomic E-state index is 12.8. The Morgan fingerprint density at radius 3 is 2.45 bits per heavy atom. The molecule has 8 nitrogen and oxygen atoms in total. The van der Waals surface area contributed by atoms with Gasteiger partial charge in [-0.2, -0.15) is 9.78 Å². The lowest BCUT2D eigenvalue weighted by Crippen LogP contribution is -2.25. The van der Waals surface area contributed by atoms with Crippen molar-refractivity contribution in [3.05, 3.63) is 77.1 Å². The summed E-state index contributed by atoms with van der Waals surface area (Å²) >= 11 is 0. The Bertz CT molecular complexity index is 1340. The lowest BCUT2D eigenvalue weighted by Gasteiger charge is -2.25. The van der Waals surface area contributed by atoms with Crippen molar-refractivity contribution in [3.8, 4) is 28.7 Å². The molecular formula is C25H23N5O3. The highest BCUT2D eigenvalue weighted by Gasteiger charge is 2.35. The van der Waals surface area contributed by atoms with Crippen LogP contribution in [0.1, 0.15) is 34.9 Å². The number of methoxy groups -OCH3 is 1. The second kappa shape index (κ2) is 8.05. The first-order chi connectivity index (χ1) is 15.9. The fourth-order valence-corrected chi connectivity index (χ4v) is 4.32. The Labute approximate surface area is 190 Å². The van der Waals surface area contributed by atoms with Gasteiger partial charge in [0.1, 0.15) is 5.82 Å². The fourth-order valence-electron chi connectivity index (χ4n) is 4.32. The Hall–Kier alpha value is -4.20. The molecule has 5 rings (SSSR count). The Morgan fingerprint density at radius 1 is 1.06 bits per heavy atom. The maximum Gasteiger partial charge on any atom is 0.252 e. The van der Waals surface area contributed by atoms with Gasteiger partial charge in [0.15, 0.2) is 11.5 Å². The molecule has 0 fully saturated rings. The summed E-state index contributed by atoms with van der Waals surface area (Å²) in [6.07, 6.45) is 0.220. The van der Waals surface area contributed by atoms with Crippen molar-refractivity contribution in [2.24, 2.45) is 0 Å². The van der Waals surface area contributed by atoms with Crippen LogP contribution in [0.3, 0.4) is 0 Å². The number of hydrogen-bond donors (Lipinski definition) is 2. The number of aromatic nitrogens is 4. The van der Waals surface area contributed by atoms with Crippen LogP contribution in [0.15, 0.2) is 54.6 Å². The number of rotatable bonds is 4. The number of amides is 1. The molecule has 0 aliphatic carbocycles. The molecule has 1 amide bonds. The number of aromatic hydroxyl groups is 1. The van der Waals surface area contributed by atoms with Gasteiger partial charge in [0.25, 0.3) is 5.95 Å². The Balaban J connectivity index is 1.77. The molecule has 0 bridgehead atoms. The van der Waals surface area contributed by atoms with Crippen molar-refractivity contribution in [3.63, 3.8) is 0 Å². The lowest BCUT2D eigenvalue weighted by atomic mass is 9.84. The zero-order chi connectivity index (χ0) is 23.1.